The summed E-state index contributed by atoms with van der Waals surface area (Å²) in [5.41, 5.74) is 2.56. The van der Waals surface area contributed by atoms with Crippen LogP contribution in [-0.4, -0.2) is 23.0 Å². The zero-order valence-electron chi connectivity index (χ0n) is 21.4. The monoisotopic (exact) mass is 677 g/mol. The van der Waals surface area contributed by atoms with Crippen molar-refractivity contribution in [1.82, 2.24) is 5.32 Å². The molecule has 0 saturated carbocycles. The Hall–Kier alpha value is -3.66. The van der Waals surface area contributed by atoms with Gasteiger partial charge in [-0.05, 0) is 91.4 Å². The van der Waals surface area contributed by atoms with E-state index in [0.29, 0.717) is 11.3 Å². The molecule has 0 fully saturated rings. The highest BCUT2D eigenvalue weighted by atomic mass is 79.9. The lowest BCUT2D eigenvalue weighted by atomic mass is 10.1. The topological polar surface area (TPSA) is 87.3 Å². The molecule has 9 heteroatoms. The normalized spacial score (nSPS) is 11.8. The number of halogens is 2. The summed E-state index contributed by atoms with van der Waals surface area (Å²) in [6, 6.07) is 30.7. The lowest BCUT2D eigenvalue weighted by Gasteiger charge is -2.14. The van der Waals surface area contributed by atoms with Gasteiger partial charge in [0.15, 0.2) is 0 Å². The molecule has 0 radical (unpaired) electrons. The van der Waals surface area contributed by atoms with Crippen molar-refractivity contribution in [1.29, 1.82) is 0 Å². The Labute approximate surface area is 253 Å². The van der Waals surface area contributed by atoms with E-state index in [4.69, 9.17) is 0 Å². The van der Waals surface area contributed by atoms with Gasteiger partial charge in [-0.1, -0.05) is 62.2 Å². The van der Waals surface area contributed by atoms with Crippen molar-refractivity contribution in [2.75, 3.05) is 10.6 Å². The van der Waals surface area contributed by atoms with Gasteiger partial charge >= 0.3 is 0 Å². The Morgan fingerprint density at radius 3 is 2.08 bits per heavy atom. The zero-order chi connectivity index (χ0) is 28.5. The van der Waals surface area contributed by atoms with E-state index in [0.717, 1.165) is 25.1 Å². The number of hydrogen-bond donors (Lipinski definition) is 3. The highest BCUT2D eigenvalue weighted by Gasteiger charge is 2.17. The third-order valence-corrected chi connectivity index (χ3v) is 7.73. The molecule has 0 aliphatic carbocycles. The molecule has 3 N–H and O–H groups in total. The summed E-state index contributed by atoms with van der Waals surface area (Å²) >= 11 is 8.23. The Kier molecular flexibility index (Phi) is 10.3. The van der Waals surface area contributed by atoms with Gasteiger partial charge in [-0.2, -0.15) is 0 Å². The van der Waals surface area contributed by atoms with Gasteiger partial charge in [-0.15, -0.1) is 11.8 Å². The molecule has 0 bridgehead atoms. The van der Waals surface area contributed by atoms with E-state index < -0.39 is 5.91 Å². The molecule has 3 amide bonds. The summed E-state index contributed by atoms with van der Waals surface area (Å²) < 4.78 is 1.79. The number of anilines is 2. The first kappa shape index (κ1) is 29.3. The van der Waals surface area contributed by atoms with Crippen LogP contribution in [0.2, 0.25) is 0 Å². The second kappa shape index (κ2) is 14.1. The molecule has 0 saturated heterocycles. The highest BCUT2D eigenvalue weighted by molar-refractivity contribution is 9.10. The fraction of sp³-hybridized carbons (Fsp3) is 0.0645. The molecule has 1 unspecified atom stereocenters. The molecule has 0 spiro atoms. The third-order valence-electron chi connectivity index (χ3n) is 5.59. The van der Waals surface area contributed by atoms with Gasteiger partial charge in [0.1, 0.15) is 5.70 Å². The van der Waals surface area contributed by atoms with Gasteiger partial charge in [0, 0.05) is 30.8 Å². The second-order valence-electron chi connectivity index (χ2n) is 8.67. The van der Waals surface area contributed by atoms with Gasteiger partial charge in [-0.3, -0.25) is 14.4 Å². The predicted molar refractivity (Wildman–Crippen MR) is 169 cm³/mol. The molecule has 0 heterocycles. The predicted octanol–water partition coefficient (Wildman–Crippen LogP) is 7.74. The molecule has 4 rings (SSSR count). The maximum absolute atomic E-state index is 13.2. The maximum atomic E-state index is 13.2. The van der Waals surface area contributed by atoms with Gasteiger partial charge in [0.05, 0.1) is 5.25 Å². The lowest BCUT2D eigenvalue weighted by Crippen LogP contribution is -2.30. The first-order valence-corrected chi connectivity index (χ1v) is 14.7. The minimum Gasteiger partial charge on any atom is -0.325 e. The van der Waals surface area contributed by atoms with Gasteiger partial charge in [0.2, 0.25) is 5.91 Å². The minimum absolute atomic E-state index is 0.101. The number of nitrogens with one attached hydrogen (secondary N) is 3. The SMILES string of the molecule is CC(Sc1ccc(NC(=O)/C(=C/c2cccc(Br)c2)NC(=O)c2ccccc2)cc1)C(=O)Nc1ccc(Br)cc1. The van der Waals surface area contributed by atoms with Gasteiger partial charge in [0.25, 0.3) is 11.8 Å². The molecular formula is C31H25Br2N3O3S. The molecule has 0 aliphatic heterocycles. The number of carbonyl (C=O) groups excluding carboxylic acids is 3. The standard InChI is InChI=1S/C31H25Br2N3O3S/c1-20(29(37)34-25-12-10-23(32)11-13-25)40-27-16-14-26(15-17-27)35-31(39)28(19-21-6-5-9-24(33)18-21)36-30(38)22-7-3-2-4-8-22/h2-20H,1H3,(H,34,37)(H,35,39)(H,36,38)/b28-19-. The van der Waals surface area contributed by atoms with E-state index in [9.17, 15) is 14.4 Å². The Morgan fingerprint density at radius 1 is 0.750 bits per heavy atom. The summed E-state index contributed by atoms with van der Waals surface area (Å²) in [4.78, 5) is 39.6. The molecule has 0 aromatic heterocycles. The molecule has 202 valence electrons. The Bertz CT molecular complexity index is 1530. The quantitative estimate of drug-likeness (QED) is 0.125. The highest BCUT2D eigenvalue weighted by Crippen LogP contribution is 2.26. The second-order valence-corrected chi connectivity index (χ2v) is 11.9. The number of hydrogen-bond acceptors (Lipinski definition) is 4. The Balaban J connectivity index is 1.42. The molecule has 1 atom stereocenters. The molecular weight excluding hydrogens is 654 g/mol. The van der Waals surface area contributed by atoms with E-state index >= 15 is 0 Å². The molecule has 4 aromatic carbocycles. The maximum Gasteiger partial charge on any atom is 0.272 e. The van der Waals surface area contributed by atoms with Crippen LogP contribution >= 0.6 is 43.6 Å². The van der Waals surface area contributed by atoms with Crippen molar-refractivity contribution < 1.29 is 14.4 Å². The van der Waals surface area contributed by atoms with Crippen molar-refractivity contribution in [2.24, 2.45) is 0 Å². The molecule has 4 aromatic rings. The van der Waals surface area contributed by atoms with E-state index in [2.05, 4.69) is 47.8 Å². The summed E-state index contributed by atoms with van der Waals surface area (Å²) in [6.07, 6.45) is 1.62. The van der Waals surface area contributed by atoms with Crippen LogP contribution in [0.3, 0.4) is 0 Å². The molecule has 0 aliphatic rings. The summed E-state index contributed by atoms with van der Waals surface area (Å²) in [5.74, 6) is -0.966. The van der Waals surface area contributed by atoms with Crippen LogP contribution in [-0.2, 0) is 9.59 Å². The number of carbonyl (C=O) groups is 3. The van der Waals surface area contributed by atoms with Gasteiger partial charge < -0.3 is 16.0 Å². The first-order chi connectivity index (χ1) is 19.3. The largest absolute Gasteiger partial charge is 0.325 e. The van der Waals surface area contributed by atoms with Crippen LogP contribution < -0.4 is 16.0 Å². The van der Waals surface area contributed by atoms with Crippen molar-refractivity contribution in [3.8, 4) is 0 Å². The number of benzene rings is 4. The number of rotatable bonds is 9. The average Bonchev–Trinajstić information content (AvgIpc) is 2.95. The van der Waals surface area contributed by atoms with Crippen molar-refractivity contribution >= 4 is 78.8 Å². The van der Waals surface area contributed by atoms with Gasteiger partial charge in [-0.25, -0.2) is 0 Å². The van der Waals surface area contributed by atoms with Crippen LogP contribution in [0.4, 0.5) is 11.4 Å². The Morgan fingerprint density at radius 2 is 1.40 bits per heavy atom. The number of amides is 3. The van der Waals surface area contributed by atoms with Crippen LogP contribution in [0.5, 0.6) is 0 Å². The fourth-order valence-electron chi connectivity index (χ4n) is 3.56. The number of thioether (sulfide) groups is 1. The fourth-order valence-corrected chi connectivity index (χ4v) is 5.10. The summed E-state index contributed by atoms with van der Waals surface area (Å²) in [6.45, 7) is 1.84. The van der Waals surface area contributed by atoms with Crippen LogP contribution in [0.25, 0.3) is 6.08 Å². The first-order valence-electron chi connectivity index (χ1n) is 12.2. The summed E-state index contributed by atoms with van der Waals surface area (Å²) in [7, 11) is 0. The van der Waals surface area contributed by atoms with E-state index in [1.165, 1.54) is 11.8 Å². The van der Waals surface area contributed by atoms with E-state index in [1.807, 2.05) is 73.7 Å². The van der Waals surface area contributed by atoms with E-state index in [1.54, 1.807) is 42.5 Å². The molecule has 40 heavy (non-hydrogen) atoms. The smallest absolute Gasteiger partial charge is 0.272 e. The lowest BCUT2D eigenvalue weighted by molar-refractivity contribution is -0.115. The van der Waals surface area contributed by atoms with Crippen LogP contribution in [0.15, 0.2) is 123 Å². The van der Waals surface area contributed by atoms with Crippen molar-refractivity contribution in [2.45, 2.75) is 17.1 Å². The van der Waals surface area contributed by atoms with Crippen molar-refractivity contribution in [3.05, 3.63) is 129 Å². The van der Waals surface area contributed by atoms with Crippen molar-refractivity contribution in [3.63, 3.8) is 0 Å². The zero-order valence-corrected chi connectivity index (χ0v) is 25.3. The molecule has 6 nitrogen and oxygen atoms in total. The van der Waals surface area contributed by atoms with Crippen LogP contribution in [0, 0.1) is 0 Å². The summed E-state index contributed by atoms with van der Waals surface area (Å²) in [5, 5.41) is 8.16. The van der Waals surface area contributed by atoms with Crippen LogP contribution in [0.1, 0.15) is 22.8 Å². The third kappa shape index (κ3) is 8.67. The minimum atomic E-state index is -0.466. The van der Waals surface area contributed by atoms with E-state index in [-0.39, 0.29) is 22.8 Å². The average molecular weight is 679 g/mol.